The first-order chi connectivity index (χ1) is 14.4. The molecule has 0 radical (unpaired) electrons. The van der Waals surface area contributed by atoms with Crippen molar-refractivity contribution in [2.24, 2.45) is 4.99 Å². The molecular weight excluding hydrogens is 438 g/mol. The first kappa shape index (κ1) is 23.1. The van der Waals surface area contributed by atoms with Gasteiger partial charge in [0.15, 0.2) is 0 Å². The third-order valence-electron chi connectivity index (χ3n) is 4.56. The van der Waals surface area contributed by atoms with Crippen molar-refractivity contribution in [3.05, 3.63) is 40.2 Å². The average Bonchev–Trinajstić information content (AvgIpc) is 2.65. The predicted octanol–water partition coefficient (Wildman–Crippen LogP) is -1.11. The summed E-state index contributed by atoms with van der Waals surface area (Å²) in [6, 6.07) is 4.48. The third-order valence-corrected chi connectivity index (χ3v) is 4.99. The van der Waals surface area contributed by atoms with Gasteiger partial charge in [-0.3, -0.25) is 9.55 Å². The molecule has 2 aromatic rings. The van der Waals surface area contributed by atoms with Crippen LogP contribution < -0.4 is 15.5 Å². The highest BCUT2D eigenvalue weighted by Gasteiger charge is 2.46. The van der Waals surface area contributed by atoms with Crippen molar-refractivity contribution in [1.29, 1.82) is 0 Å². The first-order valence-corrected chi connectivity index (χ1v) is 10.4. The Morgan fingerprint density at radius 1 is 1.26 bits per heavy atom. The zero-order valence-corrected chi connectivity index (χ0v) is 17.2. The molecule has 1 fully saturated rings. The van der Waals surface area contributed by atoms with Crippen LogP contribution in [0.15, 0.2) is 38.5 Å². The van der Waals surface area contributed by atoms with Crippen LogP contribution >= 0.6 is 0 Å². The fourth-order valence-electron chi connectivity index (χ4n) is 3.16. The van der Waals surface area contributed by atoms with Crippen LogP contribution in [0.1, 0.15) is 12.5 Å². The Morgan fingerprint density at radius 3 is 2.61 bits per heavy atom. The monoisotopic (exact) mass is 458 g/mol. The minimum absolute atomic E-state index is 0.119. The number of nitrogens with zero attached hydrogens (tertiary/aromatic N) is 1. The number of aryl methyl sites for hydroxylation is 1. The Labute approximate surface area is 176 Å². The molecule has 0 saturated carbocycles. The van der Waals surface area contributed by atoms with Gasteiger partial charge in [-0.25, -0.2) is 8.98 Å². The van der Waals surface area contributed by atoms with Gasteiger partial charge in [-0.15, -0.1) is 0 Å². The summed E-state index contributed by atoms with van der Waals surface area (Å²) in [4.78, 5) is 15.3. The highest BCUT2D eigenvalue weighted by Crippen LogP contribution is 2.29. The van der Waals surface area contributed by atoms with E-state index in [1.165, 1.54) is 18.2 Å². The molecule has 1 aromatic heterocycles. The number of aliphatic hydroxyl groups is 2. The summed E-state index contributed by atoms with van der Waals surface area (Å²) in [6.07, 6.45) is -6.28. The lowest BCUT2D eigenvalue weighted by atomic mass is 9.97. The molecule has 1 aliphatic rings. The number of hydrogen-bond donors (Lipinski definition) is 3. The van der Waals surface area contributed by atoms with E-state index in [1.807, 2.05) is 0 Å². The second-order valence-corrected chi connectivity index (χ2v) is 7.99. The summed E-state index contributed by atoms with van der Waals surface area (Å²) in [5.74, 6) is -0.561. The van der Waals surface area contributed by atoms with E-state index in [0.29, 0.717) is 10.9 Å². The first-order valence-electron chi connectivity index (χ1n) is 9.00. The Hall–Kier alpha value is -2.55. The van der Waals surface area contributed by atoms with E-state index in [1.54, 1.807) is 13.0 Å². The van der Waals surface area contributed by atoms with Crippen LogP contribution in [0.3, 0.4) is 0 Å². The lowest BCUT2D eigenvalue weighted by Gasteiger charge is -2.41. The zero-order chi connectivity index (χ0) is 22.9. The molecular formula is C18H20NO11S-. The molecule has 1 aliphatic heterocycles. The Bertz CT molecular complexity index is 1140. The van der Waals surface area contributed by atoms with Gasteiger partial charge in [-0.2, -0.15) is 8.42 Å². The molecule has 3 rings (SSSR count). The maximum Gasteiger partial charge on any atom is 0.397 e. The third kappa shape index (κ3) is 5.58. The van der Waals surface area contributed by atoms with E-state index in [2.05, 4.69) is 9.18 Å². The van der Waals surface area contributed by atoms with Crippen LogP contribution in [0.2, 0.25) is 0 Å². The number of rotatable bonds is 6. The number of hydrogen-bond acceptors (Lipinski definition) is 11. The smallest absolute Gasteiger partial charge is 0.397 e. The number of ether oxygens (including phenoxy) is 2. The SMILES string of the molecule is CC([O-])=NC1C(Oc2ccc3c(C)cc(=O)oc3c2)OC(COS(=O)(=O)O)C(O)C1O. The fraction of sp³-hybridized carbons (Fsp3) is 0.444. The van der Waals surface area contributed by atoms with Crippen LogP contribution in [0.5, 0.6) is 5.75 Å². The van der Waals surface area contributed by atoms with Gasteiger partial charge in [-0.05, 0) is 37.4 Å². The molecule has 170 valence electrons. The molecule has 0 spiro atoms. The number of aliphatic hydroxyl groups excluding tert-OH is 2. The molecule has 2 heterocycles. The second kappa shape index (κ2) is 8.90. The largest absolute Gasteiger partial charge is 0.862 e. The average molecular weight is 458 g/mol. The maximum absolute atomic E-state index is 11.6. The number of benzene rings is 1. The van der Waals surface area contributed by atoms with Crippen molar-refractivity contribution >= 4 is 27.3 Å². The molecule has 0 aliphatic carbocycles. The molecule has 5 unspecified atom stereocenters. The van der Waals surface area contributed by atoms with Gasteiger partial charge in [0.25, 0.3) is 0 Å². The van der Waals surface area contributed by atoms with Gasteiger partial charge >= 0.3 is 16.0 Å². The predicted molar refractivity (Wildman–Crippen MR) is 103 cm³/mol. The normalized spacial score (nSPS) is 27.4. The second-order valence-electron chi connectivity index (χ2n) is 6.90. The van der Waals surface area contributed by atoms with Crippen LogP contribution in [0, 0.1) is 6.92 Å². The quantitative estimate of drug-likeness (QED) is 0.206. The molecule has 0 bridgehead atoms. The summed E-state index contributed by atoms with van der Waals surface area (Å²) in [6.45, 7) is 2.01. The van der Waals surface area contributed by atoms with Crippen LogP contribution in [-0.2, 0) is 19.3 Å². The van der Waals surface area contributed by atoms with E-state index in [-0.39, 0.29) is 11.3 Å². The lowest BCUT2D eigenvalue weighted by molar-refractivity contribution is -0.243. The number of fused-ring (bicyclic) bond motifs is 1. The summed E-state index contributed by atoms with van der Waals surface area (Å²) >= 11 is 0. The van der Waals surface area contributed by atoms with Gasteiger partial charge in [0.1, 0.15) is 35.7 Å². The van der Waals surface area contributed by atoms with Crippen molar-refractivity contribution in [2.75, 3.05) is 6.61 Å². The molecule has 5 atom stereocenters. The molecule has 3 N–H and O–H groups in total. The summed E-state index contributed by atoms with van der Waals surface area (Å²) in [7, 11) is -4.84. The molecule has 12 nitrogen and oxygen atoms in total. The lowest BCUT2D eigenvalue weighted by Crippen LogP contribution is -2.60. The van der Waals surface area contributed by atoms with E-state index in [0.717, 1.165) is 6.92 Å². The highest BCUT2D eigenvalue weighted by atomic mass is 32.3. The van der Waals surface area contributed by atoms with Crippen molar-refractivity contribution in [1.82, 2.24) is 0 Å². The van der Waals surface area contributed by atoms with Crippen molar-refractivity contribution in [3.63, 3.8) is 0 Å². The summed E-state index contributed by atoms with van der Waals surface area (Å²) in [5.41, 5.74) is 0.323. The molecule has 13 heteroatoms. The van der Waals surface area contributed by atoms with Gasteiger partial charge in [0.2, 0.25) is 6.29 Å². The van der Waals surface area contributed by atoms with Crippen LogP contribution in [-0.4, -0.2) is 66.3 Å². The van der Waals surface area contributed by atoms with Crippen molar-refractivity contribution in [3.8, 4) is 5.75 Å². The van der Waals surface area contributed by atoms with Crippen molar-refractivity contribution in [2.45, 2.75) is 44.5 Å². The van der Waals surface area contributed by atoms with E-state index in [4.69, 9.17) is 18.4 Å². The molecule has 1 aromatic carbocycles. The topological polar surface area (TPSA) is 188 Å². The minimum Gasteiger partial charge on any atom is -0.862 e. The number of aliphatic imine (C=N–C) groups is 1. The standard InChI is InChI=1S/C18H21NO11S/c1-8-5-14(21)29-12-6-10(3-4-11(8)12)28-18-15(19-9(2)20)17(23)16(22)13(30-18)7-27-31(24,25)26/h3-6,13,15-18,22-23H,7H2,1-2H3,(H,19,20)(H,24,25,26)/p-1. The zero-order valence-electron chi connectivity index (χ0n) is 16.4. The Balaban J connectivity index is 1.91. The Morgan fingerprint density at radius 2 is 1.97 bits per heavy atom. The molecule has 1 saturated heterocycles. The Kier molecular flexibility index (Phi) is 6.64. The van der Waals surface area contributed by atoms with Crippen LogP contribution in [0.25, 0.3) is 11.0 Å². The van der Waals surface area contributed by atoms with Gasteiger partial charge in [-0.1, -0.05) is 0 Å². The van der Waals surface area contributed by atoms with E-state index < -0.39 is 59.2 Å². The van der Waals surface area contributed by atoms with Gasteiger partial charge in [0, 0.05) is 17.5 Å². The maximum atomic E-state index is 11.6. The summed E-state index contributed by atoms with van der Waals surface area (Å²) in [5, 5.41) is 32.7. The fourth-order valence-corrected chi connectivity index (χ4v) is 3.47. The highest BCUT2D eigenvalue weighted by molar-refractivity contribution is 7.80. The van der Waals surface area contributed by atoms with Crippen molar-refractivity contribution < 1.29 is 46.4 Å². The van der Waals surface area contributed by atoms with E-state index >= 15 is 0 Å². The minimum atomic E-state index is -4.84. The summed E-state index contributed by atoms with van der Waals surface area (Å²) < 4.78 is 50.9. The van der Waals surface area contributed by atoms with Crippen LogP contribution in [0.4, 0.5) is 0 Å². The van der Waals surface area contributed by atoms with Gasteiger partial charge in [0.05, 0.1) is 6.61 Å². The van der Waals surface area contributed by atoms with Gasteiger partial charge < -0.3 is 29.2 Å². The van der Waals surface area contributed by atoms with E-state index in [9.17, 15) is 28.5 Å². The molecule has 0 amide bonds. The molecule has 31 heavy (non-hydrogen) atoms.